The van der Waals surface area contributed by atoms with Crippen LogP contribution < -0.4 is 0 Å². The number of hydrogen-bond acceptors (Lipinski definition) is 5. The molecule has 5 nitrogen and oxygen atoms in total. The highest BCUT2D eigenvalue weighted by Gasteiger charge is 2.09. The first kappa shape index (κ1) is 23.5. The van der Waals surface area contributed by atoms with Gasteiger partial charge in [0.05, 0.1) is 39.6 Å². The van der Waals surface area contributed by atoms with E-state index in [1.807, 2.05) is 13.8 Å². The van der Waals surface area contributed by atoms with Crippen molar-refractivity contribution in [3.63, 3.8) is 0 Å². The van der Waals surface area contributed by atoms with Crippen molar-refractivity contribution >= 4 is 5.78 Å². The Morgan fingerprint density at radius 2 is 1.25 bits per heavy atom. The smallest absolute Gasteiger partial charge is 0.161 e. The summed E-state index contributed by atoms with van der Waals surface area (Å²) in [6.45, 7) is 12.7. The Labute approximate surface area is 148 Å². The van der Waals surface area contributed by atoms with E-state index in [-0.39, 0.29) is 18.3 Å². The molecule has 0 aliphatic heterocycles. The molecule has 0 rings (SSSR count). The number of ether oxygens (including phenoxy) is 4. The first-order valence-electron chi connectivity index (χ1n) is 9.45. The summed E-state index contributed by atoms with van der Waals surface area (Å²) >= 11 is 0. The third kappa shape index (κ3) is 15.1. The highest BCUT2D eigenvalue weighted by atomic mass is 16.6. The molecule has 0 radical (unpaired) electrons. The molecule has 5 heteroatoms. The summed E-state index contributed by atoms with van der Waals surface area (Å²) in [5.74, 6) is 1.03. The largest absolute Gasteiger partial charge is 0.379 e. The van der Waals surface area contributed by atoms with E-state index in [2.05, 4.69) is 13.8 Å². The quantitative estimate of drug-likeness (QED) is 0.356. The Hall–Kier alpha value is -0.490. The first-order chi connectivity index (χ1) is 11.6. The maximum Gasteiger partial charge on any atom is 0.161 e. The van der Waals surface area contributed by atoms with Crippen LogP contribution in [-0.4, -0.2) is 58.6 Å². The van der Waals surface area contributed by atoms with Gasteiger partial charge in [0.2, 0.25) is 0 Å². The van der Waals surface area contributed by atoms with Gasteiger partial charge in [-0.05, 0) is 25.2 Å². The van der Waals surface area contributed by atoms with E-state index in [0.29, 0.717) is 39.6 Å². The van der Waals surface area contributed by atoms with Crippen LogP contribution in [0.1, 0.15) is 53.4 Å². The molecule has 0 aliphatic rings. The zero-order valence-corrected chi connectivity index (χ0v) is 16.2. The molecule has 2 unspecified atom stereocenters. The Balaban J connectivity index is 3.14. The lowest BCUT2D eigenvalue weighted by molar-refractivity contribution is -0.127. The van der Waals surface area contributed by atoms with Gasteiger partial charge in [0.1, 0.15) is 6.61 Å². The first-order valence-corrected chi connectivity index (χ1v) is 9.45. The van der Waals surface area contributed by atoms with Gasteiger partial charge < -0.3 is 18.9 Å². The third-order valence-electron chi connectivity index (χ3n) is 4.20. The predicted molar refractivity (Wildman–Crippen MR) is 96.4 cm³/mol. The molecule has 2 atom stereocenters. The van der Waals surface area contributed by atoms with Crippen molar-refractivity contribution in [2.45, 2.75) is 53.4 Å². The monoisotopic (exact) mass is 346 g/mol. The van der Waals surface area contributed by atoms with Gasteiger partial charge in [-0.15, -0.1) is 0 Å². The van der Waals surface area contributed by atoms with Crippen LogP contribution in [0.4, 0.5) is 0 Å². The molecule has 0 N–H and O–H groups in total. The number of rotatable bonds is 18. The van der Waals surface area contributed by atoms with E-state index >= 15 is 0 Å². The van der Waals surface area contributed by atoms with Crippen molar-refractivity contribution in [2.24, 2.45) is 11.8 Å². The van der Waals surface area contributed by atoms with Gasteiger partial charge in [-0.2, -0.15) is 0 Å². The number of ketones is 1. The molecule has 0 aromatic carbocycles. The summed E-state index contributed by atoms with van der Waals surface area (Å²) in [5, 5.41) is 0. The number of carbonyl (C=O) groups is 1. The second-order valence-corrected chi connectivity index (χ2v) is 6.32. The fourth-order valence-corrected chi connectivity index (χ4v) is 1.94. The minimum Gasteiger partial charge on any atom is -0.379 e. The summed E-state index contributed by atoms with van der Waals surface area (Å²) in [6.07, 6.45) is 4.45. The molecular formula is C19H38O5. The molecule has 0 heterocycles. The van der Waals surface area contributed by atoms with Crippen molar-refractivity contribution in [3.05, 3.63) is 0 Å². The maximum absolute atomic E-state index is 11.5. The third-order valence-corrected chi connectivity index (χ3v) is 4.20. The highest BCUT2D eigenvalue weighted by Crippen LogP contribution is 2.08. The summed E-state index contributed by atoms with van der Waals surface area (Å²) in [4.78, 5) is 11.5. The van der Waals surface area contributed by atoms with E-state index in [4.69, 9.17) is 18.9 Å². The molecule has 144 valence electrons. The highest BCUT2D eigenvalue weighted by molar-refractivity contribution is 5.81. The Bertz CT molecular complexity index is 283. The Kier molecular flexibility index (Phi) is 17.0. The van der Waals surface area contributed by atoms with Crippen LogP contribution in [0.25, 0.3) is 0 Å². The van der Waals surface area contributed by atoms with E-state index in [1.54, 1.807) is 0 Å². The molecule has 0 bridgehead atoms. The lowest BCUT2D eigenvalue weighted by Crippen LogP contribution is -2.19. The Morgan fingerprint density at radius 3 is 1.75 bits per heavy atom. The van der Waals surface area contributed by atoms with E-state index in [0.717, 1.165) is 25.4 Å². The Morgan fingerprint density at radius 1 is 0.750 bits per heavy atom. The summed E-state index contributed by atoms with van der Waals surface area (Å²) in [7, 11) is 0. The molecule has 0 aromatic heterocycles. The molecule has 24 heavy (non-hydrogen) atoms. The van der Waals surface area contributed by atoms with Crippen LogP contribution in [0.3, 0.4) is 0 Å². The summed E-state index contributed by atoms with van der Waals surface area (Å²) < 4.78 is 21.6. The van der Waals surface area contributed by atoms with Gasteiger partial charge in [-0.25, -0.2) is 0 Å². The molecule has 0 saturated carbocycles. The topological polar surface area (TPSA) is 54.0 Å². The van der Waals surface area contributed by atoms with Crippen LogP contribution >= 0.6 is 0 Å². The van der Waals surface area contributed by atoms with Crippen LogP contribution in [0, 0.1) is 11.8 Å². The van der Waals surface area contributed by atoms with Crippen molar-refractivity contribution in [1.29, 1.82) is 0 Å². The molecular weight excluding hydrogens is 308 g/mol. The summed E-state index contributed by atoms with van der Waals surface area (Å²) in [6, 6.07) is 0. The van der Waals surface area contributed by atoms with E-state index in [9.17, 15) is 4.79 Å². The predicted octanol–water partition coefficient (Wildman–Crippen LogP) is 3.49. The normalized spacial score (nSPS) is 13.8. The van der Waals surface area contributed by atoms with E-state index < -0.39 is 0 Å². The second kappa shape index (κ2) is 17.3. The fourth-order valence-electron chi connectivity index (χ4n) is 1.94. The van der Waals surface area contributed by atoms with Crippen LogP contribution in [0.2, 0.25) is 0 Å². The van der Waals surface area contributed by atoms with Crippen molar-refractivity contribution in [3.8, 4) is 0 Å². The van der Waals surface area contributed by atoms with Gasteiger partial charge >= 0.3 is 0 Å². The lowest BCUT2D eigenvalue weighted by Gasteiger charge is -2.09. The maximum atomic E-state index is 11.5. The molecule has 0 saturated heterocycles. The zero-order chi connectivity index (χ0) is 18.0. The van der Waals surface area contributed by atoms with Crippen LogP contribution in [0.5, 0.6) is 0 Å². The van der Waals surface area contributed by atoms with E-state index in [1.165, 1.54) is 12.8 Å². The van der Waals surface area contributed by atoms with Crippen molar-refractivity contribution < 1.29 is 23.7 Å². The zero-order valence-electron chi connectivity index (χ0n) is 16.2. The standard InChI is InChI=1S/C19H38O5/c1-5-17(3)8-7-9-21-10-11-22-12-13-23-14-15-24-16-19(20)18(4)6-2/h17-18H,5-16H2,1-4H3. The average Bonchev–Trinajstić information content (AvgIpc) is 2.60. The van der Waals surface area contributed by atoms with Gasteiger partial charge in [0.15, 0.2) is 5.78 Å². The molecule has 0 aromatic rings. The molecule has 0 aliphatic carbocycles. The van der Waals surface area contributed by atoms with Crippen molar-refractivity contribution in [1.82, 2.24) is 0 Å². The SMILES string of the molecule is CCC(C)CCCOCCOCCOCCOCC(=O)C(C)CC. The number of hydrogen-bond donors (Lipinski definition) is 0. The summed E-state index contributed by atoms with van der Waals surface area (Å²) in [5.41, 5.74) is 0. The van der Waals surface area contributed by atoms with Gasteiger partial charge in [0, 0.05) is 12.5 Å². The van der Waals surface area contributed by atoms with Gasteiger partial charge in [0.25, 0.3) is 0 Å². The molecule has 0 amide bonds. The fraction of sp³-hybridized carbons (Fsp3) is 0.947. The van der Waals surface area contributed by atoms with Crippen LogP contribution in [0.15, 0.2) is 0 Å². The van der Waals surface area contributed by atoms with Crippen LogP contribution in [-0.2, 0) is 23.7 Å². The number of carbonyl (C=O) groups excluding carboxylic acids is 1. The second-order valence-electron chi connectivity index (χ2n) is 6.32. The van der Waals surface area contributed by atoms with Gasteiger partial charge in [-0.3, -0.25) is 4.79 Å². The number of Topliss-reactive ketones (excluding diaryl/α,β-unsaturated/α-hetero) is 1. The minimum absolute atomic E-state index is 0.0802. The molecule has 0 fully saturated rings. The average molecular weight is 347 g/mol. The van der Waals surface area contributed by atoms with Gasteiger partial charge in [-0.1, -0.05) is 34.1 Å². The molecule has 0 spiro atoms. The minimum atomic E-state index is 0.0802. The lowest BCUT2D eigenvalue weighted by atomic mass is 10.0. The van der Waals surface area contributed by atoms with Crippen molar-refractivity contribution in [2.75, 3.05) is 52.9 Å².